The third-order valence-electron chi connectivity index (χ3n) is 11.2. The Kier molecular flexibility index (Phi) is 8.47. The molecule has 0 N–H and O–H groups in total. The molecule has 262 valence electrons. The summed E-state index contributed by atoms with van der Waals surface area (Å²) in [6.07, 6.45) is 8.97. The van der Waals surface area contributed by atoms with Crippen LogP contribution < -0.4 is 4.90 Å². The van der Waals surface area contributed by atoms with Crippen molar-refractivity contribution >= 4 is 59.3 Å². The van der Waals surface area contributed by atoms with Gasteiger partial charge >= 0.3 is 0 Å². The molecule has 0 saturated heterocycles. The maximum atomic E-state index is 2.46. The minimum absolute atomic E-state index is 0.358. The van der Waals surface area contributed by atoms with Crippen LogP contribution in [0, 0.1) is 5.92 Å². The van der Waals surface area contributed by atoms with E-state index in [9.17, 15) is 0 Å². The first-order chi connectivity index (χ1) is 27.2. The summed E-state index contributed by atoms with van der Waals surface area (Å²) < 4.78 is 2.64. The Bertz CT molecular complexity index is 2890. The van der Waals surface area contributed by atoms with Crippen molar-refractivity contribution in [3.05, 3.63) is 212 Å². The number of nitrogens with zero attached hydrogens (tertiary/aromatic N) is 1. The number of para-hydroxylation sites is 1. The molecule has 55 heavy (non-hydrogen) atoms. The van der Waals surface area contributed by atoms with Crippen molar-refractivity contribution in [2.75, 3.05) is 4.90 Å². The van der Waals surface area contributed by atoms with Gasteiger partial charge in [-0.25, -0.2) is 0 Å². The summed E-state index contributed by atoms with van der Waals surface area (Å²) in [5, 5.41) is 5.12. The molecule has 10 rings (SSSR count). The van der Waals surface area contributed by atoms with E-state index in [4.69, 9.17) is 0 Å². The van der Waals surface area contributed by atoms with Gasteiger partial charge < -0.3 is 4.90 Å². The summed E-state index contributed by atoms with van der Waals surface area (Å²) >= 11 is 1.88. The molecule has 0 aliphatic heterocycles. The van der Waals surface area contributed by atoms with Crippen molar-refractivity contribution < 1.29 is 0 Å². The number of allylic oxidation sites excluding steroid dienone is 4. The summed E-state index contributed by atoms with van der Waals surface area (Å²) in [4.78, 5) is 2.46. The molecule has 0 spiro atoms. The van der Waals surface area contributed by atoms with Crippen molar-refractivity contribution in [2.24, 2.45) is 5.92 Å². The van der Waals surface area contributed by atoms with Crippen LogP contribution in [-0.4, -0.2) is 0 Å². The fourth-order valence-electron chi connectivity index (χ4n) is 8.51. The van der Waals surface area contributed by atoms with Gasteiger partial charge in [0.05, 0.1) is 5.69 Å². The molecule has 2 heteroatoms. The zero-order valence-corrected chi connectivity index (χ0v) is 31.5. The van der Waals surface area contributed by atoms with E-state index < -0.39 is 0 Å². The first-order valence-electron chi connectivity index (χ1n) is 19.1. The van der Waals surface area contributed by atoms with Crippen LogP contribution in [0.1, 0.15) is 18.4 Å². The summed E-state index contributed by atoms with van der Waals surface area (Å²) in [5.41, 5.74) is 12.0. The predicted octanol–water partition coefficient (Wildman–Crippen LogP) is 15.5. The first kappa shape index (κ1) is 33.1. The quantitative estimate of drug-likeness (QED) is 0.158. The fourth-order valence-corrected chi connectivity index (χ4v) is 9.75. The van der Waals surface area contributed by atoms with Gasteiger partial charge in [0.25, 0.3) is 0 Å². The summed E-state index contributed by atoms with van der Waals surface area (Å²) in [7, 11) is 0. The number of hydrogen-bond acceptors (Lipinski definition) is 2. The molecule has 2 unspecified atom stereocenters. The highest BCUT2D eigenvalue weighted by atomic mass is 32.1. The van der Waals surface area contributed by atoms with Crippen molar-refractivity contribution in [3.63, 3.8) is 0 Å². The molecule has 1 aliphatic rings. The normalized spacial score (nSPS) is 15.2. The maximum absolute atomic E-state index is 2.46. The van der Waals surface area contributed by atoms with Gasteiger partial charge in [0.1, 0.15) is 0 Å². The Morgan fingerprint density at radius 1 is 0.473 bits per heavy atom. The molecule has 2 atom stereocenters. The molecular formula is C53H39NS. The van der Waals surface area contributed by atoms with E-state index in [2.05, 4.69) is 218 Å². The summed E-state index contributed by atoms with van der Waals surface area (Å²) in [6, 6.07) is 66.9. The number of benzene rings is 8. The number of thiophene rings is 1. The minimum Gasteiger partial charge on any atom is -0.310 e. The Morgan fingerprint density at radius 3 is 1.98 bits per heavy atom. The van der Waals surface area contributed by atoms with Crippen LogP contribution in [0.2, 0.25) is 0 Å². The monoisotopic (exact) mass is 721 g/mol. The van der Waals surface area contributed by atoms with E-state index in [0.717, 1.165) is 17.1 Å². The molecule has 1 heterocycles. The lowest BCUT2D eigenvalue weighted by Crippen LogP contribution is -2.12. The molecule has 0 fully saturated rings. The van der Waals surface area contributed by atoms with Gasteiger partial charge in [-0.3, -0.25) is 0 Å². The van der Waals surface area contributed by atoms with Crippen LogP contribution in [0.5, 0.6) is 0 Å². The van der Waals surface area contributed by atoms with E-state index in [1.54, 1.807) is 0 Å². The van der Waals surface area contributed by atoms with Crippen molar-refractivity contribution in [2.45, 2.75) is 12.8 Å². The van der Waals surface area contributed by atoms with Crippen molar-refractivity contribution in [1.82, 2.24) is 0 Å². The third kappa shape index (κ3) is 5.96. The molecule has 1 aliphatic carbocycles. The second-order valence-corrected chi connectivity index (χ2v) is 15.6. The lowest BCUT2D eigenvalue weighted by molar-refractivity contribution is 0.635. The summed E-state index contributed by atoms with van der Waals surface area (Å²) in [5.74, 6) is 0.808. The number of anilines is 3. The smallest absolute Gasteiger partial charge is 0.0540 e. The first-order valence-corrected chi connectivity index (χ1v) is 20.0. The van der Waals surface area contributed by atoms with Gasteiger partial charge in [0.2, 0.25) is 0 Å². The van der Waals surface area contributed by atoms with Crippen LogP contribution >= 0.6 is 11.3 Å². The number of rotatable bonds is 7. The van der Waals surface area contributed by atoms with Crippen LogP contribution in [0.25, 0.3) is 64.3 Å². The van der Waals surface area contributed by atoms with Gasteiger partial charge in [0.15, 0.2) is 0 Å². The third-order valence-corrected chi connectivity index (χ3v) is 12.4. The fraction of sp³-hybridized carbons (Fsp3) is 0.0566. The second-order valence-electron chi connectivity index (χ2n) is 14.5. The van der Waals surface area contributed by atoms with E-state index in [0.29, 0.717) is 11.8 Å². The SMILES string of the molecule is CC1C=CC=CC1c1ccc(N(c2cccc(-c3cccc4c3sc3ccccc34)c2)c2ccccc2-c2cccc3cccc(-c4ccccc4)c23)cc1. The molecule has 0 saturated carbocycles. The Morgan fingerprint density at radius 2 is 1.13 bits per heavy atom. The van der Waals surface area contributed by atoms with Crippen molar-refractivity contribution in [3.8, 4) is 33.4 Å². The predicted molar refractivity (Wildman–Crippen MR) is 238 cm³/mol. The van der Waals surface area contributed by atoms with Gasteiger partial charge in [-0.15, -0.1) is 11.3 Å². The van der Waals surface area contributed by atoms with Gasteiger partial charge in [-0.05, 0) is 86.5 Å². The largest absolute Gasteiger partial charge is 0.310 e. The van der Waals surface area contributed by atoms with Crippen LogP contribution in [0.15, 0.2) is 206 Å². The molecule has 8 aromatic carbocycles. The Labute approximate surface area is 326 Å². The van der Waals surface area contributed by atoms with E-state index in [1.807, 2.05) is 11.3 Å². The summed E-state index contributed by atoms with van der Waals surface area (Å²) in [6.45, 7) is 2.30. The lowest BCUT2D eigenvalue weighted by atomic mass is 9.84. The van der Waals surface area contributed by atoms with E-state index in [-0.39, 0.29) is 0 Å². The average Bonchev–Trinajstić information content (AvgIpc) is 3.64. The highest BCUT2D eigenvalue weighted by Crippen LogP contribution is 2.47. The molecule has 0 radical (unpaired) electrons. The Hall–Kier alpha value is -6.48. The van der Waals surface area contributed by atoms with Gasteiger partial charge in [-0.1, -0.05) is 177 Å². The van der Waals surface area contributed by atoms with Crippen LogP contribution in [-0.2, 0) is 0 Å². The maximum Gasteiger partial charge on any atom is 0.0540 e. The lowest BCUT2D eigenvalue weighted by Gasteiger charge is -2.29. The standard InChI is InChI=1S/C53H39NS/c1-36-15-5-6-22-43(36)38-31-33-41(34-32-38)54(42-21-11-20-40(35-42)45-26-14-28-49-47-24-8-10-30-51(47)55-53(45)49)50-29-9-7-23-46(50)48-27-13-19-39-18-12-25-44(52(39)48)37-16-3-2-4-17-37/h2-36,43H,1H3. The molecule has 9 aromatic rings. The molecule has 0 amide bonds. The van der Waals surface area contributed by atoms with Gasteiger partial charge in [-0.2, -0.15) is 0 Å². The zero-order chi connectivity index (χ0) is 36.7. The molecule has 0 bridgehead atoms. The average molecular weight is 722 g/mol. The highest BCUT2D eigenvalue weighted by Gasteiger charge is 2.22. The van der Waals surface area contributed by atoms with E-state index >= 15 is 0 Å². The number of hydrogen-bond donors (Lipinski definition) is 0. The Balaban J connectivity index is 1.18. The molecular weight excluding hydrogens is 683 g/mol. The van der Waals surface area contributed by atoms with E-state index in [1.165, 1.54) is 69.9 Å². The van der Waals surface area contributed by atoms with Crippen molar-refractivity contribution in [1.29, 1.82) is 0 Å². The second kappa shape index (κ2) is 14.1. The molecule has 1 aromatic heterocycles. The minimum atomic E-state index is 0.358. The van der Waals surface area contributed by atoms with Crippen LogP contribution in [0.3, 0.4) is 0 Å². The van der Waals surface area contributed by atoms with Crippen LogP contribution in [0.4, 0.5) is 17.1 Å². The highest BCUT2D eigenvalue weighted by molar-refractivity contribution is 7.26. The topological polar surface area (TPSA) is 3.24 Å². The van der Waals surface area contributed by atoms with Gasteiger partial charge in [0, 0.05) is 43.0 Å². The number of fused-ring (bicyclic) bond motifs is 4. The zero-order valence-electron chi connectivity index (χ0n) is 30.6. The molecule has 1 nitrogen and oxygen atoms in total.